The summed E-state index contributed by atoms with van der Waals surface area (Å²) in [5.74, 6) is 0.648. The molecule has 0 bridgehead atoms. The van der Waals surface area contributed by atoms with Crippen molar-refractivity contribution >= 4 is 11.0 Å². The standard InChI is InChI=1S/C13H10FN3O/c1-18-13-8(4-3-7-15-13)12-16-10-6-2-5-9(14)11(10)17-12/h2-7H,1H3,(H,16,17). The molecule has 2 heterocycles. The molecule has 0 unspecified atom stereocenters. The lowest BCUT2D eigenvalue weighted by Gasteiger charge is -2.02. The SMILES string of the molecule is COc1ncccc1-c1nc2c(F)cccc2[nH]1. The van der Waals surface area contributed by atoms with E-state index in [1.807, 2.05) is 6.07 Å². The number of methoxy groups -OCH3 is 1. The zero-order valence-electron chi connectivity index (χ0n) is 9.64. The molecule has 90 valence electrons. The van der Waals surface area contributed by atoms with E-state index >= 15 is 0 Å². The van der Waals surface area contributed by atoms with E-state index < -0.39 is 0 Å². The molecule has 4 nitrogen and oxygen atoms in total. The fourth-order valence-electron chi connectivity index (χ4n) is 1.86. The van der Waals surface area contributed by atoms with Crippen LogP contribution in [0.5, 0.6) is 5.88 Å². The van der Waals surface area contributed by atoms with Crippen molar-refractivity contribution < 1.29 is 9.13 Å². The molecule has 1 aromatic carbocycles. The lowest BCUT2D eigenvalue weighted by Crippen LogP contribution is -1.91. The monoisotopic (exact) mass is 243 g/mol. The molecule has 3 rings (SSSR count). The number of benzene rings is 1. The Morgan fingerprint density at radius 2 is 2.11 bits per heavy atom. The van der Waals surface area contributed by atoms with Crippen LogP contribution in [0.1, 0.15) is 0 Å². The van der Waals surface area contributed by atoms with Crippen LogP contribution in [0.2, 0.25) is 0 Å². The number of H-pyrrole nitrogens is 1. The van der Waals surface area contributed by atoms with Crippen molar-refractivity contribution in [2.24, 2.45) is 0 Å². The zero-order chi connectivity index (χ0) is 12.5. The quantitative estimate of drug-likeness (QED) is 0.753. The first-order valence-corrected chi connectivity index (χ1v) is 5.43. The third kappa shape index (κ3) is 1.60. The molecule has 3 aromatic rings. The highest BCUT2D eigenvalue weighted by atomic mass is 19.1. The van der Waals surface area contributed by atoms with Crippen molar-refractivity contribution in [2.75, 3.05) is 7.11 Å². The number of hydrogen-bond acceptors (Lipinski definition) is 3. The van der Waals surface area contributed by atoms with Crippen LogP contribution in [0.15, 0.2) is 36.5 Å². The Morgan fingerprint density at radius 3 is 2.89 bits per heavy atom. The summed E-state index contributed by atoms with van der Waals surface area (Å²) in [5.41, 5.74) is 1.67. The number of para-hydroxylation sites is 1. The minimum atomic E-state index is -0.349. The van der Waals surface area contributed by atoms with Crippen LogP contribution in [0.3, 0.4) is 0 Å². The maximum absolute atomic E-state index is 13.6. The molecule has 5 heteroatoms. The summed E-state index contributed by atoms with van der Waals surface area (Å²) < 4.78 is 18.7. The highest BCUT2D eigenvalue weighted by molar-refractivity contribution is 5.80. The zero-order valence-corrected chi connectivity index (χ0v) is 9.64. The van der Waals surface area contributed by atoms with E-state index in [4.69, 9.17) is 4.74 Å². The molecule has 0 aliphatic heterocycles. The fourth-order valence-corrected chi connectivity index (χ4v) is 1.86. The average molecular weight is 243 g/mol. The number of imidazole rings is 1. The van der Waals surface area contributed by atoms with Gasteiger partial charge in [0.25, 0.3) is 0 Å². The minimum Gasteiger partial charge on any atom is -0.480 e. The molecule has 0 spiro atoms. The molecule has 1 N–H and O–H groups in total. The second-order valence-corrected chi connectivity index (χ2v) is 3.78. The van der Waals surface area contributed by atoms with Crippen molar-refractivity contribution in [3.8, 4) is 17.3 Å². The maximum atomic E-state index is 13.6. The predicted molar refractivity (Wildman–Crippen MR) is 65.8 cm³/mol. The van der Waals surface area contributed by atoms with Gasteiger partial charge < -0.3 is 9.72 Å². The van der Waals surface area contributed by atoms with Gasteiger partial charge in [-0.05, 0) is 24.3 Å². The molecule has 0 saturated carbocycles. The van der Waals surface area contributed by atoms with Crippen LogP contribution in [0.25, 0.3) is 22.4 Å². The molecule has 0 aliphatic carbocycles. The lowest BCUT2D eigenvalue weighted by atomic mass is 10.2. The fraction of sp³-hybridized carbons (Fsp3) is 0.0769. The molecular formula is C13H10FN3O. The van der Waals surface area contributed by atoms with E-state index in [0.717, 1.165) is 0 Å². The van der Waals surface area contributed by atoms with Gasteiger partial charge in [0.2, 0.25) is 5.88 Å². The van der Waals surface area contributed by atoms with Crippen LogP contribution in [-0.2, 0) is 0 Å². The Bertz CT molecular complexity index is 708. The maximum Gasteiger partial charge on any atom is 0.224 e. The summed E-state index contributed by atoms with van der Waals surface area (Å²) in [4.78, 5) is 11.4. The Kier molecular flexibility index (Phi) is 2.44. The summed E-state index contributed by atoms with van der Waals surface area (Å²) >= 11 is 0. The Labute approximate surface area is 102 Å². The number of hydrogen-bond donors (Lipinski definition) is 1. The van der Waals surface area contributed by atoms with Crippen molar-refractivity contribution in [1.82, 2.24) is 15.0 Å². The molecule has 0 amide bonds. The summed E-state index contributed by atoms with van der Waals surface area (Å²) in [6.07, 6.45) is 1.63. The number of aromatic nitrogens is 3. The van der Waals surface area contributed by atoms with Crippen LogP contribution >= 0.6 is 0 Å². The number of fused-ring (bicyclic) bond motifs is 1. The number of nitrogens with zero attached hydrogens (tertiary/aromatic N) is 2. The van der Waals surface area contributed by atoms with Crippen LogP contribution in [-0.4, -0.2) is 22.1 Å². The molecule has 0 aliphatic rings. The van der Waals surface area contributed by atoms with E-state index in [1.165, 1.54) is 13.2 Å². The van der Waals surface area contributed by atoms with Crippen molar-refractivity contribution in [3.63, 3.8) is 0 Å². The molecule has 2 aromatic heterocycles. The second-order valence-electron chi connectivity index (χ2n) is 3.78. The molecule has 0 radical (unpaired) electrons. The lowest BCUT2D eigenvalue weighted by molar-refractivity contribution is 0.399. The summed E-state index contributed by atoms with van der Waals surface area (Å²) in [6.45, 7) is 0. The molecule has 18 heavy (non-hydrogen) atoms. The Hall–Kier alpha value is -2.43. The van der Waals surface area contributed by atoms with E-state index in [0.29, 0.717) is 28.3 Å². The average Bonchev–Trinajstić information content (AvgIpc) is 2.84. The first-order valence-electron chi connectivity index (χ1n) is 5.43. The third-order valence-electron chi connectivity index (χ3n) is 2.68. The van der Waals surface area contributed by atoms with Gasteiger partial charge in [-0.3, -0.25) is 0 Å². The van der Waals surface area contributed by atoms with Crippen LogP contribution in [0.4, 0.5) is 4.39 Å². The first-order chi connectivity index (χ1) is 8.79. The predicted octanol–water partition coefficient (Wildman–Crippen LogP) is 2.77. The highest BCUT2D eigenvalue weighted by Crippen LogP contribution is 2.27. The number of aromatic amines is 1. The van der Waals surface area contributed by atoms with Gasteiger partial charge in [0, 0.05) is 6.20 Å². The Morgan fingerprint density at radius 1 is 1.22 bits per heavy atom. The largest absolute Gasteiger partial charge is 0.480 e. The van der Waals surface area contributed by atoms with E-state index in [1.54, 1.807) is 24.4 Å². The first kappa shape index (κ1) is 10.7. The highest BCUT2D eigenvalue weighted by Gasteiger charge is 2.12. The van der Waals surface area contributed by atoms with Gasteiger partial charge in [-0.15, -0.1) is 0 Å². The van der Waals surface area contributed by atoms with Gasteiger partial charge in [-0.25, -0.2) is 14.4 Å². The van der Waals surface area contributed by atoms with Gasteiger partial charge >= 0.3 is 0 Å². The van der Waals surface area contributed by atoms with Crippen molar-refractivity contribution in [2.45, 2.75) is 0 Å². The number of ether oxygens (including phenoxy) is 1. The van der Waals surface area contributed by atoms with Crippen LogP contribution in [0, 0.1) is 5.82 Å². The third-order valence-corrected chi connectivity index (χ3v) is 2.68. The van der Waals surface area contributed by atoms with Crippen molar-refractivity contribution in [3.05, 3.63) is 42.3 Å². The van der Waals surface area contributed by atoms with Gasteiger partial charge in [0.1, 0.15) is 11.3 Å². The Balaban J connectivity index is 2.23. The summed E-state index contributed by atoms with van der Waals surface area (Å²) in [6, 6.07) is 8.40. The number of pyridine rings is 1. The van der Waals surface area contributed by atoms with E-state index in [2.05, 4.69) is 15.0 Å². The van der Waals surface area contributed by atoms with Gasteiger partial charge in [0.15, 0.2) is 5.82 Å². The van der Waals surface area contributed by atoms with Gasteiger partial charge in [-0.1, -0.05) is 6.07 Å². The normalized spacial score (nSPS) is 10.8. The number of nitrogens with one attached hydrogen (secondary N) is 1. The molecule has 0 atom stereocenters. The van der Waals surface area contributed by atoms with Crippen LogP contribution < -0.4 is 4.74 Å². The summed E-state index contributed by atoms with van der Waals surface area (Å²) in [7, 11) is 1.54. The van der Waals surface area contributed by atoms with Gasteiger partial charge in [0.05, 0.1) is 18.2 Å². The summed E-state index contributed by atoms with van der Waals surface area (Å²) in [5, 5.41) is 0. The minimum absolute atomic E-state index is 0.318. The topological polar surface area (TPSA) is 50.8 Å². The molecular weight excluding hydrogens is 233 g/mol. The molecule has 0 fully saturated rings. The second kappa shape index (κ2) is 4.10. The van der Waals surface area contributed by atoms with E-state index in [-0.39, 0.29) is 5.82 Å². The number of rotatable bonds is 2. The van der Waals surface area contributed by atoms with E-state index in [9.17, 15) is 4.39 Å². The van der Waals surface area contributed by atoms with Crippen molar-refractivity contribution in [1.29, 1.82) is 0 Å². The van der Waals surface area contributed by atoms with Gasteiger partial charge in [-0.2, -0.15) is 0 Å². The molecule has 0 saturated heterocycles. The number of halogens is 1. The smallest absolute Gasteiger partial charge is 0.224 e.